The second-order valence-corrected chi connectivity index (χ2v) is 6.35. The Morgan fingerprint density at radius 3 is 2.62 bits per heavy atom. The summed E-state index contributed by atoms with van der Waals surface area (Å²) >= 11 is 13.2. The lowest BCUT2D eigenvalue weighted by Crippen LogP contribution is -2.13. The molecule has 0 aliphatic carbocycles. The molecule has 0 fully saturated rings. The first-order valence-electron chi connectivity index (χ1n) is 6.19. The van der Waals surface area contributed by atoms with Crippen molar-refractivity contribution in [2.24, 2.45) is 0 Å². The summed E-state index contributed by atoms with van der Waals surface area (Å²) in [4.78, 5) is 12.9. The Hall–Kier alpha value is -1.36. The van der Waals surface area contributed by atoms with E-state index in [4.69, 9.17) is 28.9 Å². The number of anilines is 2. The van der Waals surface area contributed by atoms with Gasteiger partial charge in [0.2, 0.25) is 5.91 Å². The molecule has 2 rings (SSSR count). The maximum Gasteiger partial charge on any atom is 0.234 e. The van der Waals surface area contributed by atoms with Crippen LogP contribution in [0, 0.1) is 6.92 Å². The zero-order chi connectivity index (χ0) is 15.4. The van der Waals surface area contributed by atoms with Crippen molar-refractivity contribution >= 4 is 52.2 Å². The fraction of sp³-hybridized carbons (Fsp3) is 0.133. The third-order valence-corrected chi connectivity index (χ3v) is 4.55. The van der Waals surface area contributed by atoms with E-state index in [9.17, 15) is 4.79 Å². The Bertz CT molecular complexity index is 677. The standard InChI is InChI=1S/C15H14Cl2N2OS/c1-9-6-11(3-5-14(9)18)21-8-15(20)19-10-2-4-12(16)13(17)7-10/h2-7H,8,18H2,1H3,(H,19,20). The highest BCUT2D eigenvalue weighted by atomic mass is 35.5. The quantitative estimate of drug-likeness (QED) is 0.630. The van der Waals surface area contributed by atoms with E-state index >= 15 is 0 Å². The summed E-state index contributed by atoms with van der Waals surface area (Å²) < 4.78 is 0. The van der Waals surface area contributed by atoms with Crippen LogP contribution in [0.15, 0.2) is 41.3 Å². The first kappa shape index (κ1) is 16.0. The molecule has 2 aromatic carbocycles. The first-order chi connectivity index (χ1) is 9.95. The van der Waals surface area contributed by atoms with E-state index in [1.165, 1.54) is 11.8 Å². The lowest BCUT2D eigenvalue weighted by molar-refractivity contribution is -0.113. The maximum atomic E-state index is 11.9. The SMILES string of the molecule is Cc1cc(SCC(=O)Nc2ccc(Cl)c(Cl)c2)ccc1N. The smallest absolute Gasteiger partial charge is 0.234 e. The number of carbonyl (C=O) groups excluding carboxylic acids is 1. The Kier molecular flexibility index (Phi) is 5.39. The molecule has 21 heavy (non-hydrogen) atoms. The summed E-state index contributed by atoms with van der Waals surface area (Å²) in [5, 5.41) is 3.65. The van der Waals surface area contributed by atoms with Gasteiger partial charge in [-0.1, -0.05) is 23.2 Å². The van der Waals surface area contributed by atoms with Crippen LogP contribution < -0.4 is 11.1 Å². The topological polar surface area (TPSA) is 55.1 Å². The van der Waals surface area contributed by atoms with Crippen molar-refractivity contribution in [2.75, 3.05) is 16.8 Å². The highest BCUT2D eigenvalue weighted by molar-refractivity contribution is 8.00. The summed E-state index contributed by atoms with van der Waals surface area (Å²) in [5.41, 5.74) is 8.14. The van der Waals surface area contributed by atoms with Gasteiger partial charge >= 0.3 is 0 Å². The number of nitrogens with two attached hydrogens (primary N) is 1. The third-order valence-electron chi connectivity index (χ3n) is 2.81. The van der Waals surface area contributed by atoms with Crippen molar-refractivity contribution in [1.29, 1.82) is 0 Å². The monoisotopic (exact) mass is 340 g/mol. The normalized spacial score (nSPS) is 10.4. The van der Waals surface area contributed by atoms with Crippen molar-refractivity contribution in [3.63, 3.8) is 0 Å². The van der Waals surface area contributed by atoms with Crippen molar-refractivity contribution in [2.45, 2.75) is 11.8 Å². The van der Waals surface area contributed by atoms with Crippen LogP contribution in [0.3, 0.4) is 0 Å². The lowest BCUT2D eigenvalue weighted by atomic mass is 10.2. The number of nitrogens with one attached hydrogen (secondary N) is 1. The fourth-order valence-corrected chi connectivity index (χ4v) is 2.75. The zero-order valence-corrected chi connectivity index (χ0v) is 13.6. The average molecular weight is 341 g/mol. The molecule has 0 heterocycles. The van der Waals surface area contributed by atoms with Crippen LogP contribution in [0.5, 0.6) is 0 Å². The van der Waals surface area contributed by atoms with E-state index in [2.05, 4.69) is 5.32 Å². The van der Waals surface area contributed by atoms with Gasteiger partial charge in [-0.2, -0.15) is 0 Å². The summed E-state index contributed by atoms with van der Waals surface area (Å²) in [6.07, 6.45) is 0. The van der Waals surface area contributed by atoms with Crippen LogP contribution >= 0.6 is 35.0 Å². The molecule has 0 aromatic heterocycles. The zero-order valence-electron chi connectivity index (χ0n) is 11.3. The van der Waals surface area contributed by atoms with Gasteiger partial charge in [-0.05, 0) is 48.9 Å². The van der Waals surface area contributed by atoms with Crippen LogP contribution in [-0.4, -0.2) is 11.7 Å². The minimum Gasteiger partial charge on any atom is -0.399 e. The Balaban J connectivity index is 1.92. The maximum absolute atomic E-state index is 11.9. The second kappa shape index (κ2) is 7.07. The molecule has 3 nitrogen and oxygen atoms in total. The van der Waals surface area contributed by atoms with Crippen LogP contribution in [0.1, 0.15) is 5.56 Å². The predicted molar refractivity (Wildman–Crippen MR) is 91.4 cm³/mol. The Morgan fingerprint density at radius 2 is 1.95 bits per heavy atom. The lowest BCUT2D eigenvalue weighted by Gasteiger charge is -2.07. The first-order valence-corrected chi connectivity index (χ1v) is 7.93. The number of hydrogen-bond acceptors (Lipinski definition) is 3. The molecule has 0 saturated carbocycles. The molecule has 0 spiro atoms. The van der Waals surface area contributed by atoms with Crippen molar-refractivity contribution in [3.05, 3.63) is 52.0 Å². The molecule has 0 aliphatic heterocycles. The van der Waals surface area contributed by atoms with Gasteiger partial charge < -0.3 is 11.1 Å². The number of hydrogen-bond donors (Lipinski definition) is 2. The average Bonchev–Trinajstić information content (AvgIpc) is 2.44. The molecule has 0 unspecified atom stereocenters. The van der Waals surface area contributed by atoms with E-state index in [1.54, 1.807) is 18.2 Å². The number of halogens is 2. The van der Waals surface area contributed by atoms with E-state index in [-0.39, 0.29) is 5.91 Å². The van der Waals surface area contributed by atoms with Gasteiger partial charge in [-0.25, -0.2) is 0 Å². The largest absolute Gasteiger partial charge is 0.399 e. The molecular weight excluding hydrogens is 327 g/mol. The number of benzene rings is 2. The number of aryl methyl sites for hydroxylation is 1. The van der Waals surface area contributed by atoms with Crippen LogP contribution in [0.25, 0.3) is 0 Å². The third kappa shape index (κ3) is 4.56. The van der Waals surface area contributed by atoms with Crippen molar-refractivity contribution < 1.29 is 4.79 Å². The second-order valence-electron chi connectivity index (χ2n) is 4.48. The molecule has 0 atom stereocenters. The fourth-order valence-electron chi connectivity index (χ4n) is 1.66. The molecule has 3 N–H and O–H groups in total. The minimum absolute atomic E-state index is 0.104. The van der Waals surface area contributed by atoms with Gasteiger partial charge in [0.25, 0.3) is 0 Å². The number of amides is 1. The van der Waals surface area contributed by atoms with Crippen molar-refractivity contribution in [1.82, 2.24) is 0 Å². The molecule has 0 saturated heterocycles. The molecule has 2 aromatic rings. The van der Waals surface area contributed by atoms with Crippen molar-refractivity contribution in [3.8, 4) is 0 Å². The molecule has 1 amide bonds. The molecular formula is C15H14Cl2N2OS. The van der Waals surface area contributed by atoms with Crippen LogP contribution in [0.2, 0.25) is 10.0 Å². The van der Waals surface area contributed by atoms with E-state index < -0.39 is 0 Å². The van der Waals surface area contributed by atoms with Gasteiger partial charge in [-0.3, -0.25) is 4.79 Å². The number of thioether (sulfide) groups is 1. The molecule has 6 heteroatoms. The Morgan fingerprint density at radius 1 is 1.19 bits per heavy atom. The van der Waals surface area contributed by atoms with Gasteiger partial charge in [-0.15, -0.1) is 11.8 Å². The van der Waals surface area contributed by atoms with Gasteiger partial charge in [0.05, 0.1) is 15.8 Å². The summed E-state index contributed by atoms with van der Waals surface area (Å²) in [5.74, 6) is 0.205. The molecule has 110 valence electrons. The van der Waals surface area contributed by atoms with Gasteiger partial charge in [0.1, 0.15) is 0 Å². The van der Waals surface area contributed by atoms with E-state index in [1.807, 2.05) is 25.1 Å². The summed E-state index contributed by atoms with van der Waals surface area (Å²) in [6.45, 7) is 1.94. The molecule has 0 bridgehead atoms. The van der Waals surface area contributed by atoms with E-state index in [0.717, 1.165) is 16.1 Å². The van der Waals surface area contributed by atoms with Gasteiger partial charge in [0, 0.05) is 16.3 Å². The van der Waals surface area contributed by atoms with Crippen LogP contribution in [0.4, 0.5) is 11.4 Å². The highest BCUT2D eigenvalue weighted by Gasteiger charge is 2.06. The summed E-state index contributed by atoms with van der Waals surface area (Å²) in [7, 11) is 0. The number of rotatable bonds is 4. The molecule has 0 radical (unpaired) electrons. The number of nitrogen functional groups attached to an aromatic ring is 1. The summed E-state index contributed by atoms with van der Waals surface area (Å²) in [6, 6.07) is 10.7. The Labute approximate surface area is 137 Å². The van der Waals surface area contributed by atoms with E-state index in [0.29, 0.717) is 21.5 Å². The van der Waals surface area contributed by atoms with Gasteiger partial charge in [0.15, 0.2) is 0 Å². The number of carbonyl (C=O) groups is 1. The van der Waals surface area contributed by atoms with Crippen LogP contribution in [-0.2, 0) is 4.79 Å². The highest BCUT2D eigenvalue weighted by Crippen LogP contribution is 2.26. The molecule has 0 aliphatic rings. The predicted octanol–water partition coefficient (Wildman–Crippen LogP) is 4.61. The minimum atomic E-state index is -0.104.